The van der Waals surface area contributed by atoms with Crippen LogP contribution < -0.4 is 0 Å². The molecule has 0 unspecified atom stereocenters. The Labute approximate surface area is 93.1 Å². The van der Waals surface area contributed by atoms with E-state index < -0.39 is 0 Å². The van der Waals surface area contributed by atoms with E-state index in [0.717, 1.165) is 37.7 Å². The fraction of sp³-hybridized carbons (Fsp3) is 0.583. The van der Waals surface area contributed by atoms with Crippen LogP contribution in [0.15, 0.2) is 29.0 Å². The molecular weight excluding hydrogens is 188 g/mol. The van der Waals surface area contributed by atoms with Crippen LogP contribution in [0.1, 0.15) is 20.8 Å². The highest BCUT2D eigenvalue weighted by Gasteiger charge is 2.09. The largest absolute Gasteiger partial charge is 0.378 e. The van der Waals surface area contributed by atoms with E-state index in [0.29, 0.717) is 0 Å². The highest BCUT2D eigenvalue weighted by Crippen LogP contribution is 2.09. The minimum absolute atomic E-state index is 0.785. The van der Waals surface area contributed by atoms with Gasteiger partial charge in [0, 0.05) is 24.5 Å². The second-order valence-corrected chi connectivity index (χ2v) is 3.03. The van der Waals surface area contributed by atoms with E-state index in [1.54, 1.807) is 0 Å². The molecule has 0 N–H and O–H groups in total. The SMILES string of the molecule is C=N/C(C)=C\C(=C)N1CCOCC1.CC. The zero-order valence-electron chi connectivity index (χ0n) is 10.1. The van der Waals surface area contributed by atoms with Crippen molar-refractivity contribution < 1.29 is 4.74 Å². The maximum atomic E-state index is 5.24. The Morgan fingerprint density at radius 2 is 1.87 bits per heavy atom. The molecule has 1 aliphatic rings. The molecule has 3 nitrogen and oxygen atoms in total. The van der Waals surface area contributed by atoms with E-state index >= 15 is 0 Å². The fourth-order valence-corrected chi connectivity index (χ4v) is 1.23. The lowest BCUT2D eigenvalue weighted by atomic mass is 10.3. The highest BCUT2D eigenvalue weighted by molar-refractivity contribution is 5.30. The van der Waals surface area contributed by atoms with Crippen LogP contribution in [0.2, 0.25) is 0 Å². The normalized spacial score (nSPS) is 16.5. The summed E-state index contributed by atoms with van der Waals surface area (Å²) in [6, 6.07) is 0. The molecule has 0 spiro atoms. The van der Waals surface area contributed by atoms with Crippen molar-refractivity contribution in [3.05, 3.63) is 24.0 Å². The number of rotatable bonds is 3. The van der Waals surface area contributed by atoms with Crippen molar-refractivity contribution in [3.63, 3.8) is 0 Å². The van der Waals surface area contributed by atoms with Gasteiger partial charge in [0.15, 0.2) is 0 Å². The van der Waals surface area contributed by atoms with Gasteiger partial charge in [-0.05, 0) is 19.7 Å². The minimum Gasteiger partial charge on any atom is -0.378 e. The first-order chi connectivity index (χ1) is 7.24. The fourth-order valence-electron chi connectivity index (χ4n) is 1.23. The Balaban J connectivity index is 0.000000921. The first-order valence-corrected chi connectivity index (χ1v) is 5.40. The van der Waals surface area contributed by atoms with Gasteiger partial charge in [0.25, 0.3) is 0 Å². The summed E-state index contributed by atoms with van der Waals surface area (Å²) in [5.41, 5.74) is 1.89. The van der Waals surface area contributed by atoms with Crippen LogP contribution >= 0.6 is 0 Å². The Morgan fingerprint density at radius 1 is 1.33 bits per heavy atom. The maximum absolute atomic E-state index is 5.24. The van der Waals surface area contributed by atoms with Gasteiger partial charge in [0.05, 0.1) is 13.2 Å². The Morgan fingerprint density at radius 3 is 2.33 bits per heavy atom. The molecule has 0 amide bonds. The van der Waals surface area contributed by atoms with Gasteiger partial charge in [-0.25, -0.2) is 0 Å². The predicted molar refractivity (Wildman–Crippen MR) is 66.2 cm³/mol. The molecule has 0 bridgehead atoms. The Hall–Kier alpha value is -1.09. The van der Waals surface area contributed by atoms with Crippen molar-refractivity contribution in [3.8, 4) is 0 Å². The molecule has 0 saturated carbocycles. The molecule has 0 aromatic carbocycles. The first kappa shape index (κ1) is 13.9. The Bertz CT molecular complexity index is 228. The van der Waals surface area contributed by atoms with E-state index in [2.05, 4.69) is 23.2 Å². The number of allylic oxidation sites excluding steroid dienone is 2. The summed E-state index contributed by atoms with van der Waals surface area (Å²) < 4.78 is 5.24. The van der Waals surface area contributed by atoms with E-state index in [1.807, 2.05) is 26.8 Å². The van der Waals surface area contributed by atoms with Crippen molar-refractivity contribution in [2.24, 2.45) is 4.99 Å². The molecule has 0 radical (unpaired) electrons. The van der Waals surface area contributed by atoms with Crippen molar-refractivity contribution in [1.29, 1.82) is 0 Å². The quantitative estimate of drug-likeness (QED) is 0.528. The molecule has 1 heterocycles. The van der Waals surface area contributed by atoms with Crippen LogP contribution in [0.3, 0.4) is 0 Å². The monoisotopic (exact) mass is 210 g/mol. The smallest absolute Gasteiger partial charge is 0.0642 e. The standard InChI is InChI=1S/C10H16N2O.C2H6/c1-9(11-3)8-10(2)12-4-6-13-7-5-12;1-2/h8H,2-7H2,1H3;1-2H3/b9-8-;. The minimum atomic E-state index is 0.785. The number of hydrogen-bond donors (Lipinski definition) is 0. The van der Waals surface area contributed by atoms with Gasteiger partial charge >= 0.3 is 0 Å². The summed E-state index contributed by atoms with van der Waals surface area (Å²) >= 11 is 0. The van der Waals surface area contributed by atoms with Crippen molar-refractivity contribution in [1.82, 2.24) is 4.90 Å². The van der Waals surface area contributed by atoms with Crippen molar-refractivity contribution >= 4 is 6.72 Å². The van der Waals surface area contributed by atoms with E-state index in [9.17, 15) is 0 Å². The zero-order chi connectivity index (χ0) is 11.7. The average molecular weight is 210 g/mol. The van der Waals surface area contributed by atoms with E-state index in [4.69, 9.17) is 4.74 Å². The summed E-state index contributed by atoms with van der Waals surface area (Å²) in [7, 11) is 0. The second kappa shape index (κ2) is 8.24. The maximum Gasteiger partial charge on any atom is 0.0642 e. The molecule has 3 heteroatoms. The zero-order valence-corrected chi connectivity index (χ0v) is 10.1. The highest BCUT2D eigenvalue weighted by atomic mass is 16.5. The summed E-state index contributed by atoms with van der Waals surface area (Å²) in [5, 5.41) is 0. The summed E-state index contributed by atoms with van der Waals surface area (Å²) in [5.74, 6) is 0. The molecule has 0 aromatic heterocycles. The lowest BCUT2D eigenvalue weighted by Crippen LogP contribution is -2.34. The molecule has 0 atom stereocenters. The van der Waals surface area contributed by atoms with Gasteiger partial charge in [0.1, 0.15) is 0 Å². The van der Waals surface area contributed by atoms with Crippen LogP contribution in [-0.2, 0) is 4.74 Å². The third kappa shape index (κ3) is 5.37. The van der Waals surface area contributed by atoms with Crippen LogP contribution in [0.4, 0.5) is 0 Å². The number of aliphatic imine (C=N–C) groups is 1. The van der Waals surface area contributed by atoms with Crippen molar-refractivity contribution in [2.75, 3.05) is 26.3 Å². The van der Waals surface area contributed by atoms with E-state index in [-0.39, 0.29) is 0 Å². The second-order valence-electron chi connectivity index (χ2n) is 3.03. The lowest BCUT2D eigenvalue weighted by Gasteiger charge is -2.29. The molecule has 1 aliphatic heterocycles. The number of morpholine rings is 1. The van der Waals surface area contributed by atoms with Crippen LogP contribution in [0.5, 0.6) is 0 Å². The first-order valence-electron chi connectivity index (χ1n) is 5.40. The van der Waals surface area contributed by atoms with Crippen LogP contribution in [0, 0.1) is 0 Å². The summed E-state index contributed by atoms with van der Waals surface area (Å²) in [4.78, 5) is 6.01. The van der Waals surface area contributed by atoms with Gasteiger partial charge in [-0.15, -0.1) is 0 Å². The molecule has 15 heavy (non-hydrogen) atoms. The topological polar surface area (TPSA) is 24.8 Å². The molecule has 0 aliphatic carbocycles. The molecule has 0 aromatic rings. The molecule has 1 saturated heterocycles. The van der Waals surface area contributed by atoms with Gasteiger partial charge < -0.3 is 9.64 Å². The van der Waals surface area contributed by atoms with E-state index in [1.165, 1.54) is 0 Å². The predicted octanol–water partition coefficient (Wildman–Crippen LogP) is 2.46. The summed E-state index contributed by atoms with van der Waals surface area (Å²) in [6.07, 6.45) is 1.94. The number of ether oxygens (including phenoxy) is 1. The third-order valence-corrected chi connectivity index (χ3v) is 2.04. The van der Waals surface area contributed by atoms with Crippen LogP contribution in [-0.4, -0.2) is 37.9 Å². The number of nitrogens with zero attached hydrogens (tertiary/aromatic N) is 2. The third-order valence-electron chi connectivity index (χ3n) is 2.04. The van der Waals surface area contributed by atoms with Crippen LogP contribution in [0.25, 0.3) is 0 Å². The van der Waals surface area contributed by atoms with Gasteiger partial charge in [-0.2, -0.15) is 0 Å². The van der Waals surface area contributed by atoms with Gasteiger partial charge in [-0.1, -0.05) is 20.4 Å². The van der Waals surface area contributed by atoms with Gasteiger partial charge in [0.2, 0.25) is 0 Å². The van der Waals surface area contributed by atoms with Gasteiger partial charge in [-0.3, -0.25) is 4.99 Å². The van der Waals surface area contributed by atoms with Crippen molar-refractivity contribution in [2.45, 2.75) is 20.8 Å². The molecule has 86 valence electrons. The number of hydrogen-bond acceptors (Lipinski definition) is 3. The molecular formula is C12H22N2O. The molecule has 1 rings (SSSR count). The summed E-state index contributed by atoms with van der Waals surface area (Å²) in [6.45, 7) is 16.7. The Kier molecular flexibility index (Phi) is 7.64. The molecule has 1 fully saturated rings. The average Bonchev–Trinajstić information content (AvgIpc) is 2.32. The lowest BCUT2D eigenvalue weighted by molar-refractivity contribution is 0.0555.